The van der Waals surface area contributed by atoms with Gasteiger partial charge in [-0.1, -0.05) is 24.3 Å². The van der Waals surface area contributed by atoms with E-state index in [1.807, 2.05) is 48.5 Å². The number of hydrogen-bond acceptors (Lipinski definition) is 5. The Kier molecular flexibility index (Phi) is 5.07. The van der Waals surface area contributed by atoms with Crippen LogP contribution in [0, 0.1) is 0 Å². The average Bonchev–Trinajstić information content (AvgIpc) is 2.78. The maximum atomic E-state index is 12.7. The van der Waals surface area contributed by atoms with Crippen molar-refractivity contribution in [3.63, 3.8) is 0 Å². The molecule has 0 fully saturated rings. The van der Waals surface area contributed by atoms with E-state index in [0.29, 0.717) is 22.7 Å². The Balaban J connectivity index is 1.59. The molecule has 0 atom stereocenters. The van der Waals surface area contributed by atoms with Crippen LogP contribution < -0.4 is 14.8 Å². The van der Waals surface area contributed by atoms with Gasteiger partial charge in [0.05, 0.1) is 37.1 Å². The highest BCUT2D eigenvalue weighted by Crippen LogP contribution is 2.28. The van der Waals surface area contributed by atoms with E-state index < -0.39 is 0 Å². The van der Waals surface area contributed by atoms with Crippen molar-refractivity contribution >= 4 is 22.6 Å². The van der Waals surface area contributed by atoms with Crippen LogP contribution >= 0.6 is 0 Å². The van der Waals surface area contributed by atoms with Gasteiger partial charge in [0.15, 0.2) is 11.5 Å². The van der Waals surface area contributed by atoms with Crippen molar-refractivity contribution < 1.29 is 14.3 Å². The Bertz CT molecular complexity index is 1190. The fourth-order valence-electron chi connectivity index (χ4n) is 3.03. The van der Waals surface area contributed by atoms with Gasteiger partial charge >= 0.3 is 0 Å². The third-order valence-corrected chi connectivity index (χ3v) is 4.51. The zero-order valence-corrected chi connectivity index (χ0v) is 16.0. The number of para-hydroxylation sites is 2. The van der Waals surface area contributed by atoms with E-state index >= 15 is 0 Å². The smallest absolute Gasteiger partial charge is 0.255 e. The molecule has 3 aromatic carbocycles. The molecular formula is C23H19N3O3. The Hall–Kier alpha value is -3.93. The summed E-state index contributed by atoms with van der Waals surface area (Å²) in [5.41, 5.74) is 4.41. The molecule has 0 aliphatic carbocycles. The Morgan fingerprint density at radius 2 is 1.66 bits per heavy atom. The van der Waals surface area contributed by atoms with Gasteiger partial charge in [0, 0.05) is 16.8 Å². The molecule has 0 radical (unpaired) electrons. The number of rotatable bonds is 5. The van der Waals surface area contributed by atoms with Crippen molar-refractivity contribution in [3.05, 3.63) is 78.5 Å². The van der Waals surface area contributed by atoms with Crippen LogP contribution in [0.15, 0.2) is 72.9 Å². The van der Waals surface area contributed by atoms with E-state index in [9.17, 15) is 4.79 Å². The highest BCUT2D eigenvalue weighted by molar-refractivity contribution is 6.05. The number of amides is 1. The molecule has 29 heavy (non-hydrogen) atoms. The molecule has 4 rings (SSSR count). The van der Waals surface area contributed by atoms with Gasteiger partial charge < -0.3 is 14.8 Å². The summed E-state index contributed by atoms with van der Waals surface area (Å²) in [4.78, 5) is 21.8. The number of nitrogens with one attached hydrogen (secondary N) is 1. The summed E-state index contributed by atoms with van der Waals surface area (Å²) in [5, 5.41) is 2.91. The molecule has 0 saturated heterocycles. The predicted octanol–water partition coefficient (Wildman–Crippen LogP) is 4.57. The first kappa shape index (κ1) is 18.4. The van der Waals surface area contributed by atoms with Crippen LogP contribution in [0.4, 0.5) is 5.69 Å². The second-order valence-corrected chi connectivity index (χ2v) is 6.35. The predicted molar refractivity (Wildman–Crippen MR) is 112 cm³/mol. The van der Waals surface area contributed by atoms with E-state index in [0.717, 1.165) is 22.3 Å². The monoisotopic (exact) mass is 385 g/mol. The third-order valence-electron chi connectivity index (χ3n) is 4.51. The largest absolute Gasteiger partial charge is 0.493 e. The fraction of sp³-hybridized carbons (Fsp3) is 0.0870. The van der Waals surface area contributed by atoms with Gasteiger partial charge in [0.25, 0.3) is 5.91 Å². The fourth-order valence-corrected chi connectivity index (χ4v) is 3.03. The summed E-state index contributed by atoms with van der Waals surface area (Å²) in [5.74, 6) is 0.828. The third kappa shape index (κ3) is 3.87. The Labute approximate surface area is 168 Å². The summed E-state index contributed by atoms with van der Waals surface area (Å²) in [6.45, 7) is 0. The number of methoxy groups -OCH3 is 2. The standard InChI is InChI=1S/C23H19N3O3/c1-28-21-11-10-16(13-22(21)29-2)23(27)25-17-7-5-6-15(12-17)20-14-24-18-8-3-4-9-19(18)26-20/h3-14H,1-2H3,(H,25,27). The number of hydrogen-bond donors (Lipinski definition) is 1. The molecule has 0 saturated carbocycles. The lowest BCUT2D eigenvalue weighted by molar-refractivity contribution is 0.102. The second kappa shape index (κ2) is 7.98. The number of carbonyl (C=O) groups is 1. The topological polar surface area (TPSA) is 73.3 Å². The SMILES string of the molecule is COc1ccc(C(=O)Nc2cccc(-c3cnc4ccccc4n3)c2)cc1OC. The van der Waals surface area contributed by atoms with E-state index in [-0.39, 0.29) is 5.91 Å². The van der Waals surface area contributed by atoms with Gasteiger partial charge in [-0.3, -0.25) is 9.78 Å². The normalized spacial score (nSPS) is 10.6. The summed E-state index contributed by atoms with van der Waals surface area (Å²) in [6.07, 6.45) is 1.73. The lowest BCUT2D eigenvalue weighted by atomic mass is 10.1. The number of anilines is 1. The van der Waals surface area contributed by atoms with E-state index in [1.54, 1.807) is 31.5 Å². The minimum absolute atomic E-state index is 0.243. The van der Waals surface area contributed by atoms with Crippen molar-refractivity contribution in [2.24, 2.45) is 0 Å². The lowest BCUT2D eigenvalue weighted by Gasteiger charge is -2.11. The molecule has 0 aliphatic rings. The molecule has 0 bridgehead atoms. The van der Waals surface area contributed by atoms with Gasteiger partial charge in [0.2, 0.25) is 0 Å². The molecule has 1 aromatic heterocycles. The first-order valence-corrected chi connectivity index (χ1v) is 9.03. The molecule has 0 spiro atoms. The van der Waals surface area contributed by atoms with Crippen LogP contribution in [-0.2, 0) is 0 Å². The highest BCUT2D eigenvalue weighted by atomic mass is 16.5. The number of fused-ring (bicyclic) bond motifs is 1. The summed E-state index contributed by atoms with van der Waals surface area (Å²) < 4.78 is 10.5. The zero-order valence-electron chi connectivity index (χ0n) is 16.0. The highest BCUT2D eigenvalue weighted by Gasteiger charge is 2.12. The van der Waals surface area contributed by atoms with E-state index in [2.05, 4.69) is 15.3 Å². The van der Waals surface area contributed by atoms with Crippen LogP contribution in [0.1, 0.15) is 10.4 Å². The Morgan fingerprint density at radius 1 is 0.862 bits per heavy atom. The molecule has 0 unspecified atom stereocenters. The van der Waals surface area contributed by atoms with Gasteiger partial charge in [-0.05, 0) is 42.5 Å². The van der Waals surface area contributed by atoms with Crippen LogP contribution in [0.25, 0.3) is 22.3 Å². The minimum Gasteiger partial charge on any atom is -0.493 e. The minimum atomic E-state index is -0.243. The van der Waals surface area contributed by atoms with Crippen LogP contribution in [0.2, 0.25) is 0 Å². The van der Waals surface area contributed by atoms with Crippen molar-refractivity contribution in [2.45, 2.75) is 0 Å². The van der Waals surface area contributed by atoms with Crippen molar-refractivity contribution in [1.29, 1.82) is 0 Å². The molecule has 0 aliphatic heterocycles. The first-order chi connectivity index (χ1) is 14.2. The number of ether oxygens (including phenoxy) is 2. The number of nitrogens with zero attached hydrogens (tertiary/aromatic N) is 2. The van der Waals surface area contributed by atoms with Crippen molar-refractivity contribution in [2.75, 3.05) is 19.5 Å². The van der Waals surface area contributed by atoms with Crippen molar-refractivity contribution in [3.8, 4) is 22.8 Å². The molecule has 1 heterocycles. The number of aromatic nitrogens is 2. The average molecular weight is 385 g/mol. The molecule has 6 heteroatoms. The van der Waals surface area contributed by atoms with Gasteiger partial charge in [-0.15, -0.1) is 0 Å². The van der Waals surface area contributed by atoms with Gasteiger partial charge in [0.1, 0.15) is 0 Å². The van der Waals surface area contributed by atoms with Crippen molar-refractivity contribution in [1.82, 2.24) is 9.97 Å². The molecular weight excluding hydrogens is 366 g/mol. The van der Waals surface area contributed by atoms with Gasteiger partial charge in [-0.25, -0.2) is 4.98 Å². The number of benzene rings is 3. The maximum absolute atomic E-state index is 12.7. The van der Waals surface area contributed by atoms with Crippen LogP contribution in [-0.4, -0.2) is 30.1 Å². The zero-order chi connectivity index (χ0) is 20.2. The van der Waals surface area contributed by atoms with E-state index in [4.69, 9.17) is 9.47 Å². The van der Waals surface area contributed by atoms with Gasteiger partial charge in [-0.2, -0.15) is 0 Å². The quantitative estimate of drug-likeness (QED) is 0.545. The number of carbonyl (C=O) groups excluding carboxylic acids is 1. The van der Waals surface area contributed by atoms with E-state index in [1.165, 1.54) is 7.11 Å². The van der Waals surface area contributed by atoms with Crippen LogP contribution in [0.3, 0.4) is 0 Å². The second-order valence-electron chi connectivity index (χ2n) is 6.35. The molecule has 1 N–H and O–H groups in total. The molecule has 1 amide bonds. The first-order valence-electron chi connectivity index (χ1n) is 9.03. The summed E-state index contributed by atoms with van der Waals surface area (Å²) >= 11 is 0. The molecule has 144 valence electrons. The molecule has 6 nitrogen and oxygen atoms in total. The summed E-state index contributed by atoms with van der Waals surface area (Å²) in [6, 6.07) is 20.3. The molecule has 4 aromatic rings. The Morgan fingerprint density at radius 3 is 2.45 bits per heavy atom. The van der Waals surface area contributed by atoms with Crippen LogP contribution in [0.5, 0.6) is 11.5 Å². The maximum Gasteiger partial charge on any atom is 0.255 e. The lowest BCUT2D eigenvalue weighted by Crippen LogP contribution is -2.12. The summed E-state index contributed by atoms with van der Waals surface area (Å²) in [7, 11) is 3.09.